The lowest BCUT2D eigenvalue weighted by atomic mass is 10.0. The zero-order chi connectivity index (χ0) is 21.2. The fourth-order valence-corrected chi connectivity index (χ4v) is 2.82. The van der Waals surface area contributed by atoms with E-state index in [0.717, 1.165) is 6.07 Å². The summed E-state index contributed by atoms with van der Waals surface area (Å²) in [6.07, 6.45) is -1.54. The molecular formula is C20H17F3N4O2. The molecule has 1 aromatic heterocycles. The number of carbonyl (C=O) groups is 1. The van der Waals surface area contributed by atoms with Crippen molar-refractivity contribution in [1.29, 1.82) is 0 Å². The Morgan fingerprint density at radius 2 is 1.83 bits per heavy atom. The van der Waals surface area contributed by atoms with Crippen molar-refractivity contribution in [3.05, 3.63) is 65.5 Å². The van der Waals surface area contributed by atoms with Crippen LogP contribution >= 0.6 is 0 Å². The molecule has 0 aliphatic rings. The molecule has 150 valence electrons. The van der Waals surface area contributed by atoms with Crippen LogP contribution in [-0.2, 0) is 6.18 Å². The Labute approximate surface area is 164 Å². The molecule has 2 aromatic carbocycles. The predicted octanol–water partition coefficient (Wildman–Crippen LogP) is 4.31. The first kappa shape index (κ1) is 20.1. The molecule has 0 aliphatic heterocycles. The van der Waals surface area contributed by atoms with Gasteiger partial charge in [-0.1, -0.05) is 6.07 Å². The molecule has 1 heterocycles. The van der Waals surface area contributed by atoms with Crippen LogP contribution in [0.15, 0.2) is 48.8 Å². The van der Waals surface area contributed by atoms with Crippen LogP contribution in [0.25, 0.3) is 11.1 Å². The van der Waals surface area contributed by atoms with E-state index in [1.165, 1.54) is 44.6 Å². The number of methoxy groups -OCH3 is 1. The molecular weight excluding hydrogens is 385 g/mol. The lowest BCUT2D eigenvalue weighted by Gasteiger charge is -2.15. The second-order valence-corrected chi connectivity index (χ2v) is 6.18. The molecule has 3 aromatic rings. The number of aromatic nitrogens is 2. The van der Waals surface area contributed by atoms with Gasteiger partial charge in [-0.25, -0.2) is 9.97 Å². The van der Waals surface area contributed by atoms with E-state index in [9.17, 15) is 18.0 Å². The van der Waals surface area contributed by atoms with Gasteiger partial charge in [0.15, 0.2) is 0 Å². The Morgan fingerprint density at radius 1 is 1.14 bits per heavy atom. The van der Waals surface area contributed by atoms with E-state index in [2.05, 4.69) is 15.3 Å². The molecule has 3 N–H and O–H groups in total. The summed E-state index contributed by atoms with van der Waals surface area (Å²) in [5, 5.41) is 2.53. The fraction of sp³-hybridized carbons (Fsp3) is 0.150. The van der Waals surface area contributed by atoms with Crippen molar-refractivity contribution in [3.63, 3.8) is 0 Å². The monoisotopic (exact) mass is 402 g/mol. The highest BCUT2D eigenvalue weighted by Gasteiger charge is 2.33. The molecule has 0 saturated carbocycles. The summed E-state index contributed by atoms with van der Waals surface area (Å²) < 4.78 is 44.6. The predicted molar refractivity (Wildman–Crippen MR) is 103 cm³/mol. The summed E-state index contributed by atoms with van der Waals surface area (Å²) in [5.74, 6) is 0.0134. The van der Waals surface area contributed by atoms with Crippen LogP contribution in [-0.4, -0.2) is 23.0 Å². The number of ether oxygens (including phenoxy) is 1. The van der Waals surface area contributed by atoms with E-state index in [1.807, 2.05) is 0 Å². The third kappa shape index (κ3) is 4.29. The van der Waals surface area contributed by atoms with Gasteiger partial charge in [-0.3, -0.25) is 4.79 Å². The molecule has 0 spiro atoms. The molecule has 0 fully saturated rings. The number of hydrogen-bond acceptors (Lipinski definition) is 5. The van der Waals surface area contributed by atoms with E-state index < -0.39 is 17.6 Å². The van der Waals surface area contributed by atoms with Gasteiger partial charge in [0, 0.05) is 34.8 Å². The molecule has 9 heteroatoms. The maximum absolute atomic E-state index is 13.1. The Kier molecular flexibility index (Phi) is 5.40. The number of carbonyl (C=O) groups excluding carboxylic acids is 1. The highest BCUT2D eigenvalue weighted by molar-refractivity contribution is 6.05. The average Bonchev–Trinajstić information content (AvgIpc) is 2.68. The van der Waals surface area contributed by atoms with E-state index in [0.29, 0.717) is 16.9 Å². The van der Waals surface area contributed by atoms with Crippen molar-refractivity contribution in [2.75, 3.05) is 18.2 Å². The summed E-state index contributed by atoms with van der Waals surface area (Å²) >= 11 is 0. The van der Waals surface area contributed by atoms with Crippen LogP contribution in [0, 0.1) is 6.92 Å². The smallest absolute Gasteiger partial charge is 0.416 e. The number of anilines is 2. The summed E-state index contributed by atoms with van der Waals surface area (Å²) in [4.78, 5) is 20.5. The molecule has 29 heavy (non-hydrogen) atoms. The van der Waals surface area contributed by atoms with Crippen molar-refractivity contribution >= 4 is 17.5 Å². The SMILES string of the molecule is COc1ccc(C(=O)Nc2cccc(C(F)(F)F)c2C)cc1-c1cnc(N)nc1. The minimum Gasteiger partial charge on any atom is -0.496 e. The quantitative estimate of drug-likeness (QED) is 0.679. The summed E-state index contributed by atoms with van der Waals surface area (Å²) in [7, 11) is 1.47. The molecule has 0 radical (unpaired) electrons. The molecule has 0 bridgehead atoms. The Hall–Kier alpha value is -3.62. The lowest BCUT2D eigenvalue weighted by molar-refractivity contribution is -0.138. The number of nitrogens with one attached hydrogen (secondary N) is 1. The standard InChI is InChI=1S/C20H17F3N4O2/c1-11-15(20(21,22)23)4-3-5-16(11)27-18(28)12-6-7-17(29-2)14(8-12)13-9-25-19(24)26-10-13/h3-10H,1-2H3,(H,27,28)(H2,24,25,26). The van der Waals surface area contributed by atoms with E-state index in [-0.39, 0.29) is 22.8 Å². The molecule has 3 rings (SSSR count). The van der Waals surface area contributed by atoms with E-state index in [1.54, 1.807) is 12.1 Å². The first-order chi connectivity index (χ1) is 13.7. The van der Waals surface area contributed by atoms with Gasteiger partial charge in [-0.15, -0.1) is 0 Å². The number of hydrogen-bond donors (Lipinski definition) is 2. The van der Waals surface area contributed by atoms with Crippen molar-refractivity contribution in [2.45, 2.75) is 13.1 Å². The fourth-order valence-electron chi connectivity index (χ4n) is 2.82. The van der Waals surface area contributed by atoms with Crippen LogP contribution in [0.5, 0.6) is 5.75 Å². The van der Waals surface area contributed by atoms with Crippen LogP contribution in [0.4, 0.5) is 24.8 Å². The van der Waals surface area contributed by atoms with Crippen LogP contribution in [0.2, 0.25) is 0 Å². The Bertz CT molecular complexity index is 1050. The third-order valence-electron chi connectivity index (χ3n) is 4.33. The number of nitrogen functional groups attached to an aromatic ring is 1. The molecule has 6 nitrogen and oxygen atoms in total. The second-order valence-electron chi connectivity index (χ2n) is 6.18. The van der Waals surface area contributed by atoms with Gasteiger partial charge >= 0.3 is 6.18 Å². The maximum atomic E-state index is 13.1. The van der Waals surface area contributed by atoms with Gasteiger partial charge in [0.05, 0.1) is 12.7 Å². The average molecular weight is 402 g/mol. The van der Waals surface area contributed by atoms with Gasteiger partial charge in [0.1, 0.15) is 5.75 Å². The van der Waals surface area contributed by atoms with Crippen molar-refractivity contribution in [2.24, 2.45) is 0 Å². The van der Waals surface area contributed by atoms with Crippen LogP contribution < -0.4 is 15.8 Å². The van der Waals surface area contributed by atoms with Gasteiger partial charge in [-0.2, -0.15) is 13.2 Å². The first-order valence-corrected chi connectivity index (χ1v) is 8.45. The first-order valence-electron chi connectivity index (χ1n) is 8.45. The summed E-state index contributed by atoms with van der Waals surface area (Å²) in [6.45, 7) is 1.31. The second kappa shape index (κ2) is 7.78. The topological polar surface area (TPSA) is 90.1 Å². The number of halogens is 3. The van der Waals surface area contributed by atoms with Gasteiger partial charge in [-0.05, 0) is 42.8 Å². The third-order valence-corrected chi connectivity index (χ3v) is 4.33. The molecule has 0 aliphatic carbocycles. The number of nitrogens with zero attached hydrogens (tertiary/aromatic N) is 2. The Morgan fingerprint density at radius 3 is 2.45 bits per heavy atom. The van der Waals surface area contributed by atoms with Crippen LogP contribution in [0.1, 0.15) is 21.5 Å². The number of nitrogens with two attached hydrogens (primary N) is 1. The minimum atomic E-state index is -4.51. The lowest BCUT2D eigenvalue weighted by Crippen LogP contribution is -2.15. The van der Waals surface area contributed by atoms with Gasteiger partial charge in [0.2, 0.25) is 5.95 Å². The zero-order valence-corrected chi connectivity index (χ0v) is 15.5. The van der Waals surface area contributed by atoms with Gasteiger partial charge < -0.3 is 15.8 Å². The number of amides is 1. The van der Waals surface area contributed by atoms with E-state index >= 15 is 0 Å². The van der Waals surface area contributed by atoms with Gasteiger partial charge in [0.25, 0.3) is 5.91 Å². The summed E-state index contributed by atoms with van der Waals surface area (Å²) in [6, 6.07) is 8.28. The summed E-state index contributed by atoms with van der Waals surface area (Å²) in [5.41, 5.74) is 6.06. The highest BCUT2D eigenvalue weighted by atomic mass is 19.4. The maximum Gasteiger partial charge on any atom is 0.416 e. The normalized spacial score (nSPS) is 11.2. The van der Waals surface area contributed by atoms with Crippen LogP contribution in [0.3, 0.4) is 0 Å². The van der Waals surface area contributed by atoms with Crippen molar-refractivity contribution in [3.8, 4) is 16.9 Å². The Balaban J connectivity index is 1.95. The molecule has 1 amide bonds. The number of alkyl halides is 3. The highest BCUT2D eigenvalue weighted by Crippen LogP contribution is 2.35. The van der Waals surface area contributed by atoms with E-state index in [4.69, 9.17) is 10.5 Å². The number of rotatable bonds is 4. The van der Waals surface area contributed by atoms with Crippen molar-refractivity contribution in [1.82, 2.24) is 9.97 Å². The largest absolute Gasteiger partial charge is 0.496 e. The molecule has 0 saturated heterocycles. The van der Waals surface area contributed by atoms with Crippen molar-refractivity contribution < 1.29 is 22.7 Å². The zero-order valence-electron chi connectivity index (χ0n) is 15.5. The minimum absolute atomic E-state index is 0.0611. The number of benzene rings is 2. The molecule has 0 unspecified atom stereocenters. The molecule has 0 atom stereocenters.